The van der Waals surface area contributed by atoms with Gasteiger partial charge in [0.25, 0.3) is 0 Å². The second kappa shape index (κ2) is 7.44. The molecule has 1 aromatic rings. The van der Waals surface area contributed by atoms with Gasteiger partial charge in [0, 0.05) is 30.1 Å². The molecule has 3 fully saturated rings. The highest BCUT2D eigenvalue weighted by molar-refractivity contribution is 9.10. The highest BCUT2D eigenvalue weighted by atomic mass is 79.9. The van der Waals surface area contributed by atoms with Crippen LogP contribution in [0.1, 0.15) is 50.5 Å². The van der Waals surface area contributed by atoms with Crippen molar-refractivity contribution in [1.82, 2.24) is 4.90 Å². The third kappa shape index (κ3) is 3.48. The van der Waals surface area contributed by atoms with Crippen molar-refractivity contribution in [3.05, 3.63) is 28.2 Å². The zero-order chi connectivity index (χ0) is 19.0. The number of amides is 1. The molecule has 5 nitrogen and oxygen atoms in total. The van der Waals surface area contributed by atoms with Crippen molar-refractivity contribution in [3.8, 4) is 6.07 Å². The molecule has 1 aromatic carbocycles. The van der Waals surface area contributed by atoms with E-state index in [-0.39, 0.29) is 17.6 Å². The summed E-state index contributed by atoms with van der Waals surface area (Å²) in [5.41, 5.74) is 1.28. The molecule has 0 bridgehead atoms. The Bertz CT molecular complexity index is 769. The predicted octanol–water partition coefficient (Wildman–Crippen LogP) is 3.44. The first-order chi connectivity index (χ1) is 13.0. The van der Waals surface area contributed by atoms with Crippen molar-refractivity contribution in [3.63, 3.8) is 0 Å². The number of aliphatic hydroxyl groups excluding tert-OH is 1. The summed E-state index contributed by atoms with van der Waals surface area (Å²) in [6.45, 7) is 2.41. The van der Waals surface area contributed by atoms with E-state index in [0.29, 0.717) is 18.0 Å². The minimum Gasteiger partial charge on any atom is -0.393 e. The van der Waals surface area contributed by atoms with Crippen molar-refractivity contribution in [2.75, 3.05) is 24.5 Å². The number of piperidine rings is 1. The van der Waals surface area contributed by atoms with Crippen LogP contribution in [-0.4, -0.2) is 47.7 Å². The van der Waals surface area contributed by atoms with E-state index in [2.05, 4.69) is 31.8 Å². The summed E-state index contributed by atoms with van der Waals surface area (Å²) in [5.74, 6) is 0.294. The number of hydrogen-bond donors (Lipinski definition) is 1. The molecule has 1 spiro atoms. The summed E-state index contributed by atoms with van der Waals surface area (Å²) in [5, 5.41) is 19.3. The quantitative estimate of drug-likeness (QED) is 0.778. The lowest BCUT2D eigenvalue weighted by molar-refractivity contribution is -0.139. The van der Waals surface area contributed by atoms with Gasteiger partial charge in [0.05, 0.1) is 22.8 Å². The van der Waals surface area contributed by atoms with Gasteiger partial charge in [-0.25, -0.2) is 0 Å². The average molecular weight is 432 g/mol. The van der Waals surface area contributed by atoms with Gasteiger partial charge in [0.15, 0.2) is 0 Å². The van der Waals surface area contributed by atoms with E-state index in [4.69, 9.17) is 0 Å². The van der Waals surface area contributed by atoms with Crippen LogP contribution < -0.4 is 4.90 Å². The van der Waals surface area contributed by atoms with Gasteiger partial charge in [-0.1, -0.05) is 15.9 Å². The molecule has 6 heteroatoms. The molecule has 3 aliphatic rings. The fourth-order valence-corrected chi connectivity index (χ4v) is 5.49. The largest absolute Gasteiger partial charge is 0.393 e. The van der Waals surface area contributed by atoms with Gasteiger partial charge in [-0.15, -0.1) is 0 Å². The van der Waals surface area contributed by atoms with E-state index < -0.39 is 0 Å². The van der Waals surface area contributed by atoms with E-state index in [0.717, 1.165) is 68.2 Å². The molecule has 2 heterocycles. The second-order valence-corrected chi connectivity index (χ2v) is 9.21. The molecular weight excluding hydrogens is 406 g/mol. The number of carbonyl (C=O) groups excluding carboxylic acids is 1. The molecule has 4 rings (SSSR count). The number of halogens is 1. The van der Waals surface area contributed by atoms with Crippen molar-refractivity contribution in [2.45, 2.75) is 57.1 Å². The van der Waals surface area contributed by atoms with Crippen LogP contribution in [0.25, 0.3) is 0 Å². The first-order valence-corrected chi connectivity index (χ1v) is 10.8. The third-order valence-electron chi connectivity index (χ3n) is 6.65. The number of aliphatic hydroxyl groups is 1. The zero-order valence-corrected chi connectivity index (χ0v) is 17.1. The van der Waals surface area contributed by atoms with Crippen molar-refractivity contribution >= 4 is 27.5 Å². The highest BCUT2D eigenvalue weighted by Crippen LogP contribution is 2.44. The highest BCUT2D eigenvalue weighted by Gasteiger charge is 2.50. The van der Waals surface area contributed by atoms with Gasteiger partial charge in [0.2, 0.25) is 5.91 Å². The van der Waals surface area contributed by atoms with Gasteiger partial charge in [-0.05, 0) is 63.1 Å². The Morgan fingerprint density at radius 2 is 1.96 bits per heavy atom. The third-order valence-corrected chi connectivity index (χ3v) is 7.14. The summed E-state index contributed by atoms with van der Waals surface area (Å²) in [6, 6.07) is 8.31. The lowest BCUT2D eigenvalue weighted by atomic mass is 9.78. The van der Waals surface area contributed by atoms with E-state index in [9.17, 15) is 15.2 Å². The maximum atomic E-state index is 13.4. The van der Waals surface area contributed by atoms with Crippen LogP contribution in [0.4, 0.5) is 5.69 Å². The van der Waals surface area contributed by atoms with Gasteiger partial charge in [-0.3, -0.25) is 4.79 Å². The SMILES string of the molecule is N#Cc1ccc(Br)cc1N1CCCC2(CCN(C3CCC(O)CC3)C2=O)C1. The number of nitrogens with zero attached hydrogens (tertiary/aromatic N) is 3. The molecule has 2 aliphatic heterocycles. The summed E-state index contributed by atoms with van der Waals surface area (Å²) >= 11 is 3.51. The number of nitriles is 1. The monoisotopic (exact) mass is 431 g/mol. The topological polar surface area (TPSA) is 67.6 Å². The molecule has 27 heavy (non-hydrogen) atoms. The molecule has 2 saturated heterocycles. The van der Waals surface area contributed by atoms with Crippen LogP contribution in [0, 0.1) is 16.7 Å². The summed E-state index contributed by atoms with van der Waals surface area (Å²) in [6.07, 6.45) is 6.04. The smallest absolute Gasteiger partial charge is 0.230 e. The standard InChI is InChI=1S/C21H26BrN3O2/c22-16-3-2-15(13-23)19(12-16)24-10-1-8-21(14-24)9-11-25(20(21)27)17-4-6-18(26)7-5-17/h2-3,12,17-18,26H,1,4-11,14H2. The van der Waals surface area contributed by atoms with Crippen LogP contribution in [0.15, 0.2) is 22.7 Å². The van der Waals surface area contributed by atoms with Crippen LogP contribution >= 0.6 is 15.9 Å². The van der Waals surface area contributed by atoms with Crippen molar-refractivity contribution in [2.24, 2.45) is 5.41 Å². The molecule has 0 aromatic heterocycles. The zero-order valence-electron chi connectivity index (χ0n) is 15.5. The number of rotatable bonds is 2. The molecular formula is C21H26BrN3O2. The van der Waals surface area contributed by atoms with Gasteiger partial charge in [0.1, 0.15) is 6.07 Å². The molecule has 1 amide bonds. The second-order valence-electron chi connectivity index (χ2n) is 8.29. The summed E-state index contributed by atoms with van der Waals surface area (Å²) in [4.78, 5) is 17.8. The number of hydrogen-bond acceptors (Lipinski definition) is 4. The van der Waals surface area contributed by atoms with Gasteiger partial charge in [-0.2, -0.15) is 5.26 Å². The maximum Gasteiger partial charge on any atom is 0.230 e. The molecule has 1 aliphatic carbocycles. The molecule has 1 N–H and O–H groups in total. The Hall–Kier alpha value is -1.58. The minimum absolute atomic E-state index is 0.195. The van der Waals surface area contributed by atoms with E-state index in [1.165, 1.54) is 0 Å². The van der Waals surface area contributed by atoms with Crippen molar-refractivity contribution < 1.29 is 9.90 Å². The maximum absolute atomic E-state index is 13.4. The fraction of sp³-hybridized carbons (Fsp3) is 0.619. The average Bonchev–Trinajstić information content (AvgIpc) is 2.98. The fourth-order valence-electron chi connectivity index (χ4n) is 5.14. The van der Waals surface area contributed by atoms with E-state index in [1.807, 2.05) is 18.2 Å². The normalized spacial score (nSPS) is 31.4. The first-order valence-electron chi connectivity index (χ1n) is 9.96. The van der Waals surface area contributed by atoms with Crippen LogP contribution in [0.5, 0.6) is 0 Å². The van der Waals surface area contributed by atoms with Crippen LogP contribution in [0.3, 0.4) is 0 Å². The Kier molecular flexibility index (Phi) is 5.17. The molecule has 144 valence electrons. The number of likely N-dealkylation sites (tertiary alicyclic amines) is 1. The van der Waals surface area contributed by atoms with Gasteiger partial charge >= 0.3 is 0 Å². The Labute approximate surface area is 169 Å². The van der Waals surface area contributed by atoms with Gasteiger partial charge < -0.3 is 14.9 Å². The summed E-state index contributed by atoms with van der Waals surface area (Å²) < 4.78 is 0.955. The van der Waals surface area contributed by atoms with Crippen molar-refractivity contribution in [1.29, 1.82) is 5.26 Å². The number of carbonyl (C=O) groups is 1. The summed E-state index contributed by atoms with van der Waals surface area (Å²) in [7, 11) is 0. The first kappa shape index (κ1) is 18.8. The molecule has 1 atom stereocenters. The van der Waals surface area contributed by atoms with Crippen LogP contribution in [-0.2, 0) is 4.79 Å². The lowest BCUT2D eigenvalue weighted by Crippen LogP contribution is -2.50. The Morgan fingerprint density at radius 1 is 1.19 bits per heavy atom. The molecule has 1 unspecified atom stereocenters. The lowest BCUT2D eigenvalue weighted by Gasteiger charge is -2.41. The Balaban J connectivity index is 1.54. The predicted molar refractivity (Wildman–Crippen MR) is 107 cm³/mol. The molecule has 0 radical (unpaired) electrons. The molecule has 1 saturated carbocycles. The van der Waals surface area contributed by atoms with Crippen LogP contribution in [0.2, 0.25) is 0 Å². The number of benzene rings is 1. The Morgan fingerprint density at radius 3 is 2.70 bits per heavy atom. The number of anilines is 1. The van der Waals surface area contributed by atoms with E-state index in [1.54, 1.807) is 0 Å². The minimum atomic E-state index is -0.316. The van der Waals surface area contributed by atoms with E-state index >= 15 is 0 Å².